The molecular weight excluding hydrogens is 603 g/mol. The standard InChI is InChI=1S/C23H23N3O5.C5H9Cl2N3O2/c1-4-23(30)16-8-18-20-12(9-26(18)21(28)15(16)11-31-22(23)29)7-13-14(10-25(2)3)19(27)6-5-17(13)24-20;6-1-3-8-5(11)10(9-12)4-2-7/h5-8,27,30H,4,9-11H2,1-3H3;1-4H2,(H,8,11)/t23-;/m0./s1. The van der Waals surface area contributed by atoms with Crippen molar-refractivity contribution in [2.24, 2.45) is 5.29 Å². The summed E-state index contributed by atoms with van der Waals surface area (Å²) < 4.78 is 6.71. The lowest BCUT2D eigenvalue weighted by atomic mass is 9.86. The zero-order valence-corrected chi connectivity index (χ0v) is 25.4. The van der Waals surface area contributed by atoms with E-state index in [0.717, 1.165) is 16.5 Å². The number of fused-ring (bicyclic) bond motifs is 5. The first kappa shape index (κ1) is 32.1. The minimum absolute atomic E-state index is 0.0964. The molecule has 230 valence electrons. The van der Waals surface area contributed by atoms with Gasteiger partial charge in [0.1, 0.15) is 12.4 Å². The number of esters is 1. The van der Waals surface area contributed by atoms with Crippen LogP contribution in [0.25, 0.3) is 22.3 Å². The predicted molar refractivity (Wildman–Crippen MR) is 161 cm³/mol. The molecule has 2 aliphatic heterocycles. The quantitative estimate of drug-likeness (QED) is 0.114. The van der Waals surface area contributed by atoms with Crippen molar-refractivity contribution in [2.75, 3.05) is 38.9 Å². The molecule has 15 heteroatoms. The SMILES string of the molecule is CC[C@@]1(O)C(=O)OCc2c1cc1n(c2=O)Cc2cc3c(CN(C)C)c(O)ccc3nc2-1.O=NN(CCCl)C(=O)NCCCl. The fraction of sp³-hybridized carbons (Fsp3) is 0.429. The minimum Gasteiger partial charge on any atom is -0.508 e. The van der Waals surface area contributed by atoms with E-state index in [9.17, 15) is 29.5 Å². The topological polar surface area (TPSA) is 167 Å². The third kappa shape index (κ3) is 6.16. The number of aromatic hydroxyl groups is 1. The van der Waals surface area contributed by atoms with Crippen molar-refractivity contribution in [1.29, 1.82) is 0 Å². The van der Waals surface area contributed by atoms with E-state index in [1.165, 1.54) is 0 Å². The number of phenolic OH excluding ortho intramolecular Hbond substituents is 1. The van der Waals surface area contributed by atoms with Gasteiger partial charge in [0.15, 0.2) is 5.60 Å². The van der Waals surface area contributed by atoms with Gasteiger partial charge in [0.2, 0.25) is 0 Å². The molecule has 4 heterocycles. The van der Waals surface area contributed by atoms with Crippen molar-refractivity contribution in [2.45, 2.75) is 38.6 Å². The maximum atomic E-state index is 13.2. The number of amides is 2. The highest BCUT2D eigenvalue weighted by atomic mass is 35.5. The lowest BCUT2D eigenvalue weighted by molar-refractivity contribution is -0.172. The van der Waals surface area contributed by atoms with Crippen LogP contribution in [0.2, 0.25) is 0 Å². The van der Waals surface area contributed by atoms with Crippen LogP contribution < -0.4 is 10.9 Å². The van der Waals surface area contributed by atoms with Crippen LogP contribution in [0, 0.1) is 4.91 Å². The maximum Gasteiger partial charge on any atom is 0.343 e. The highest BCUT2D eigenvalue weighted by Crippen LogP contribution is 2.39. The van der Waals surface area contributed by atoms with E-state index >= 15 is 0 Å². The second-order valence-corrected chi connectivity index (χ2v) is 11.0. The second kappa shape index (κ2) is 13.2. The minimum atomic E-state index is -1.84. The van der Waals surface area contributed by atoms with Crippen LogP contribution in [0.1, 0.15) is 35.6 Å². The monoisotopic (exact) mass is 634 g/mol. The molecule has 2 aromatic heterocycles. The van der Waals surface area contributed by atoms with E-state index in [0.29, 0.717) is 58.6 Å². The Labute approximate surface area is 256 Å². The molecule has 43 heavy (non-hydrogen) atoms. The lowest BCUT2D eigenvalue weighted by Crippen LogP contribution is -2.44. The number of urea groups is 1. The fourth-order valence-electron chi connectivity index (χ4n) is 5.09. The highest BCUT2D eigenvalue weighted by molar-refractivity contribution is 6.18. The number of hydrogen-bond donors (Lipinski definition) is 3. The molecule has 0 radical (unpaired) electrons. The van der Waals surface area contributed by atoms with Crippen molar-refractivity contribution in [3.8, 4) is 17.1 Å². The van der Waals surface area contributed by atoms with Crippen molar-refractivity contribution in [3.63, 3.8) is 0 Å². The summed E-state index contributed by atoms with van der Waals surface area (Å²) in [5.74, 6) is -0.0746. The van der Waals surface area contributed by atoms with E-state index in [1.54, 1.807) is 29.7 Å². The third-order valence-electron chi connectivity index (χ3n) is 7.25. The van der Waals surface area contributed by atoms with E-state index in [2.05, 4.69) is 10.6 Å². The number of nitrogens with one attached hydrogen (secondary N) is 1. The summed E-state index contributed by atoms with van der Waals surface area (Å²) >= 11 is 10.6. The zero-order chi connectivity index (χ0) is 31.5. The Morgan fingerprint density at radius 1 is 1.23 bits per heavy atom. The van der Waals surface area contributed by atoms with Gasteiger partial charge in [0, 0.05) is 46.9 Å². The maximum absolute atomic E-state index is 13.2. The molecule has 1 atom stereocenters. The van der Waals surface area contributed by atoms with Crippen LogP contribution in [-0.2, 0) is 34.8 Å². The highest BCUT2D eigenvalue weighted by Gasteiger charge is 2.45. The summed E-state index contributed by atoms with van der Waals surface area (Å²) in [6.07, 6.45) is 0.104. The number of pyridine rings is 2. The number of phenols is 1. The van der Waals surface area contributed by atoms with Crippen LogP contribution in [0.4, 0.5) is 4.79 Å². The molecule has 1 aromatic carbocycles. The van der Waals surface area contributed by atoms with E-state index in [4.69, 9.17) is 32.9 Å². The van der Waals surface area contributed by atoms with Crippen molar-refractivity contribution in [1.82, 2.24) is 24.8 Å². The van der Waals surface area contributed by atoms with Crippen molar-refractivity contribution in [3.05, 3.63) is 61.8 Å². The number of carbonyl (C=O) groups excluding carboxylic acids is 2. The number of carbonyl (C=O) groups is 2. The summed E-state index contributed by atoms with van der Waals surface area (Å²) in [5.41, 5.74) is 2.03. The summed E-state index contributed by atoms with van der Waals surface area (Å²) in [6.45, 7) is 2.80. The van der Waals surface area contributed by atoms with Gasteiger partial charge in [-0.05, 0) is 44.8 Å². The number of ether oxygens (including phenoxy) is 1. The number of alkyl halides is 2. The summed E-state index contributed by atoms with van der Waals surface area (Å²) in [5, 5.41) is 27.7. The van der Waals surface area contributed by atoms with Gasteiger partial charge >= 0.3 is 12.0 Å². The molecule has 0 bridgehead atoms. The molecule has 3 N–H and O–H groups in total. The Bertz CT molecular complexity index is 1630. The molecule has 0 fully saturated rings. The molecule has 0 aliphatic carbocycles. The molecule has 2 amide bonds. The average molecular weight is 636 g/mol. The van der Waals surface area contributed by atoms with Gasteiger partial charge in [0.25, 0.3) is 5.56 Å². The predicted octanol–water partition coefficient (Wildman–Crippen LogP) is 3.00. The first-order valence-corrected chi connectivity index (χ1v) is 14.5. The van der Waals surface area contributed by atoms with Crippen LogP contribution in [0.3, 0.4) is 0 Å². The van der Waals surface area contributed by atoms with Gasteiger partial charge < -0.3 is 29.7 Å². The smallest absolute Gasteiger partial charge is 0.343 e. The number of halogens is 2. The molecule has 0 unspecified atom stereocenters. The van der Waals surface area contributed by atoms with Gasteiger partial charge in [-0.15, -0.1) is 28.1 Å². The Kier molecular flexibility index (Phi) is 9.90. The van der Waals surface area contributed by atoms with Crippen LogP contribution >= 0.6 is 23.2 Å². The molecule has 0 spiro atoms. The molecule has 5 rings (SSSR count). The van der Waals surface area contributed by atoms with E-state index < -0.39 is 17.6 Å². The first-order chi connectivity index (χ1) is 20.5. The van der Waals surface area contributed by atoms with Gasteiger partial charge in [-0.25, -0.2) is 14.6 Å². The summed E-state index contributed by atoms with van der Waals surface area (Å²) in [4.78, 5) is 53.2. The largest absolute Gasteiger partial charge is 0.508 e. The normalized spacial score (nSPS) is 16.5. The number of hydrogen-bond acceptors (Lipinski definition) is 10. The number of aliphatic hydroxyl groups is 1. The number of cyclic esters (lactones) is 1. The van der Waals surface area contributed by atoms with E-state index in [1.807, 2.05) is 25.1 Å². The average Bonchev–Trinajstić information content (AvgIpc) is 3.35. The Balaban J connectivity index is 0.000000301. The van der Waals surface area contributed by atoms with Gasteiger partial charge in [-0.3, -0.25) is 4.79 Å². The van der Waals surface area contributed by atoms with Crippen molar-refractivity contribution < 1.29 is 24.5 Å². The fourth-order valence-corrected chi connectivity index (χ4v) is 5.34. The molecule has 0 saturated heterocycles. The van der Waals surface area contributed by atoms with Gasteiger partial charge in [-0.2, -0.15) is 5.01 Å². The molecule has 13 nitrogen and oxygen atoms in total. The summed E-state index contributed by atoms with van der Waals surface area (Å²) in [7, 11) is 3.86. The Morgan fingerprint density at radius 3 is 2.60 bits per heavy atom. The van der Waals surface area contributed by atoms with Crippen LogP contribution in [0.15, 0.2) is 34.3 Å². The second-order valence-electron chi connectivity index (χ2n) is 10.3. The lowest BCUT2D eigenvalue weighted by Gasteiger charge is -2.31. The zero-order valence-electron chi connectivity index (χ0n) is 23.9. The Hall–Kier alpha value is -3.78. The Morgan fingerprint density at radius 2 is 1.98 bits per heavy atom. The molecule has 2 aliphatic rings. The molecule has 3 aromatic rings. The molecular formula is C28H32Cl2N6O7. The first-order valence-electron chi connectivity index (χ1n) is 13.5. The van der Waals surface area contributed by atoms with E-state index in [-0.39, 0.29) is 36.8 Å². The number of nitrogens with zero attached hydrogens (tertiary/aromatic N) is 5. The van der Waals surface area contributed by atoms with Crippen molar-refractivity contribution >= 4 is 46.1 Å². The van der Waals surface area contributed by atoms with Gasteiger partial charge in [0.05, 0.1) is 40.8 Å². The van der Waals surface area contributed by atoms with Crippen LogP contribution in [-0.4, -0.2) is 80.6 Å². The number of nitroso groups, excluding NO2 is 1. The number of aromatic nitrogens is 2. The van der Waals surface area contributed by atoms with Gasteiger partial charge in [-0.1, -0.05) is 6.92 Å². The number of rotatable bonds is 8. The summed E-state index contributed by atoms with van der Waals surface area (Å²) in [6, 6.07) is 6.47. The third-order valence-corrected chi connectivity index (χ3v) is 7.61. The van der Waals surface area contributed by atoms with Crippen LogP contribution in [0.5, 0.6) is 5.75 Å². The number of benzene rings is 1. The molecule has 0 saturated carbocycles.